The SMILES string of the molecule is C=Cc1ccc(OCc2ccccc2)c(CC(=O)N(C)C2CCN(C(=O)OC(C)(C)C)CC2)c1. The van der Waals surface area contributed by atoms with Gasteiger partial charge in [0.25, 0.3) is 0 Å². The third-order valence-electron chi connectivity index (χ3n) is 5.96. The van der Waals surface area contributed by atoms with Crippen molar-refractivity contribution in [3.63, 3.8) is 0 Å². The van der Waals surface area contributed by atoms with Crippen LogP contribution < -0.4 is 4.74 Å². The molecule has 0 atom stereocenters. The van der Waals surface area contributed by atoms with Gasteiger partial charge in [-0.05, 0) is 56.9 Å². The maximum absolute atomic E-state index is 13.2. The maximum Gasteiger partial charge on any atom is 0.410 e. The molecule has 0 radical (unpaired) electrons. The molecule has 0 bridgehead atoms. The lowest BCUT2D eigenvalue weighted by Gasteiger charge is -2.37. The van der Waals surface area contributed by atoms with Crippen LogP contribution in [0.2, 0.25) is 0 Å². The summed E-state index contributed by atoms with van der Waals surface area (Å²) in [5, 5.41) is 0. The summed E-state index contributed by atoms with van der Waals surface area (Å²) in [6, 6.07) is 15.9. The summed E-state index contributed by atoms with van der Waals surface area (Å²) >= 11 is 0. The molecule has 3 rings (SSSR count). The highest BCUT2D eigenvalue weighted by molar-refractivity contribution is 5.80. The molecule has 1 heterocycles. The standard InChI is InChI=1S/C28H36N2O4/c1-6-21-12-13-25(33-20-22-10-8-7-9-11-22)23(18-21)19-26(31)29(5)24-14-16-30(17-15-24)27(32)34-28(2,3)4/h6-13,18,24H,1,14-17,19-20H2,2-5H3. The summed E-state index contributed by atoms with van der Waals surface area (Å²) < 4.78 is 11.5. The minimum atomic E-state index is -0.513. The normalized spacial score (nSPS) is 14.4. The van der Waals surface area contributed by atoms with Crippen LogP contribution in [-0.2, 0) is 22.6 Å². The zero-order valence-corrected chi connectivity index (χ0v) is 20.8. The summed E-state index contributed by atoms with van der Waals surface area (Å²) in [6.45, 7) is 11.0. The van der Waals surface area contributed by atoms with Crippen LogP contribution in [0.25, 0.3) is 6.08 Å². The number of hydrogen-bond donors (Lipinski definition) is 0. The first-order chi connectivity index (χ1) is 16.2. The van der Waals surface area contributed by atoms with E-state index in [0.717, 1.165) is 29.5 Å². The molecule has 182 valence electrons. The molecule has 0 saturated carbocycles. The first-order valence-corrected chi connectivity index (χ1v) is 11.8. The van der Waals surface area contributed by atoms with E-state index in [1.807, 2.05) is 81.2 Å². The van der Waals surface area contributed by atoms with Crippen molar-refractivity contribution >= 4 is 18.1 Å². The van der Waals surface area contributed by atoms with Crippen molar-refractivity contribution in [2.45, 2.75) is 58.3 Å². The molecule has 1 saturated heterocycles. The Hall–Kier alpha value is -3.28. The number of rotatable bonds is 7. The molecule has 1 aliphatic heterocycles. The number of piperidine rings is 1. The molecule has 0 aliphatic carbocycles. The van der Waals surface area contributed by atoms with Gasteiger partial charge in [0.2, 0.25) is 5.91 Å². The van der Waals surface area contributed by atoms with Crippen molar-refractivity contribution in [1.29, 1.82) is 0 Å². The van der Waals surface area contributed by atoms with Crippen LogP contribution in [0.1, 0.15) is 50.3 Å². The Bertz CT molecular complexity index is 989. The number of likely N-dealkylation sites (N-methyl/N-ethyl adjacent to an activating group) is 1. The van der Waals surface area contributed by atoms with Crippen molar-refractivity contribution in [1.82, 2.24) is 9.80 Å². The van der Waals surface area contributed by atoms with E-state index in [-0.39, 0.29) is 24.5 Å². The van der Waals surface area contributed by atoms with Crippen molar-refractivity contribution in [2.75, 3.05) is 20.1 Å². The molecule has 6 heteroatoms. The van der Waals surface area contributed by atoms with Crippen LogP contribution in [0, 0.1) is 0 Å². The molecule has 1 aliphatic rings. The fourth-order valence-corrected chi connectivity index (χ4v) is 3.99. The average Bonchev–Trinajstić information content (AvgIpc) is 2.82. The number of nitrogens with zero attached hydrogens (tertiary/aromatic N) is 2. The van der Waals surface area contributed by atoms with Crippen LogP contribution in [0.15, 0.2) is 55.1 Å². The second-order valence-electron chi connectivity index (χ2n) is 9.73. The van der Waals surface area contributed by atoms with Gasteiger partial charge in [-0.2, -0.15) is 0 Å². The summed E-state index contributed by atoms with van der Waals surface area (Å²) in [5.74, 6) is 0.734. The molecule has 34 heavy (non-hydrogen) atoms. The van der Waals surface area contributed by atoms with Crippen LogP contribution in [0.4, 0.5) is 4.79 Å². The molecular weight excluding hydrogens is 428 g/mol. The lowest BCUT2D eigenvalue weighted by atomic mass is 10.0. The van der Waals surface area contributed by atoms with Gasteiger partial charge in [-0.3, -0.25) is 4.79 Å². The monoisotopic (exact) mass is 464 g/mol. The third-order valence-corrected chi connectivity index (χ3v) is 5.96. The van der Waals surface area contributed by atoms with E-state index in [4.69, 9.17) is 9.47 Å². The van der Waals surface area contributed by atoms with Crippen molar-refractivity contribution < 1.29 is 19.1 Å². The van der Waals surface area contributed by atoms with Gasteiger partial charge in [-0.15, -0.1) is 0 Å². The minimum absolute atomic E-state index is 0.0292. The second-order valence-corrected chi connectivity index (χ2v) is 9.73. The summed E-state index contributed by atoms with van der Waals surface area (Å²) in [7, 11) is 1.85. The lowest BCUT2D eigenvalue weighted by molar-refractivity contribution is -0.132. The molecule has 2 amide bonds. The highest BCUT2D eigenvalue weighted by Crippen LogP contribution is 2.25. The van der Waals surface area contributed by atoms with Crippen molar-refractivity contribution in [3.05, 3.63) is 71.8 Å². The summed E-state index contributed by atoms with van der Waals surface area (Å²) in [4.78, 5) is 29.0. The number of amides is 2. The van der Waals surface area contributed by atoms with E-state index in [0.29, 0.717) is 25.4 Å². The Balaban J connectivity index is 1.61. The maximum atomic E-state index is 13.2. The van der Waals surface area contributed by atoms with Crippen molar-refractivity contribution in [3.8, 4) is 5.75 Å². The lowest BCUT2D eigenvalue weighted by Crippen LogP contribution is -2.48. The minimum Gasteiger partial charge on any atom is -0.489 e. The highest BCUT2D eigenvalue weighted by atomic mass is 16.6. The predicted molar refractivity (Wildman–Crippen MR) is 135 cm³/mol. The fourth-order valence-electron chi connectivity index (χ4n) is 3.99. The molecule has 6 nitrogen and oxygen atoms in total. The first kappa shape index (κ1) is 25.3. The van der Waals surface area contributed by atoms with Crippen LogP contribution in [0.3, 0.4) is 0 Å². The summed E-state index contributed by atoms with van der Waals surface area (Å²) in [6.07, 6.45) is 3.18. The topological polar surface area (TPSA) is 59.1 Å². The van der Waals surface area contributed by atoms with E-state index in [1.54, 1.807) is 11.0 Å². The van der Waals surface area contributed by atoms with Gasteiger partial charge in [0.1, 0.15) is 18.0 Å². The number of benzene rings is 2. The zero-order valence-electron chi connectivity index (χ0n) is 20.8. The Labute approximate surface area is 203 Å². The van der Waals surface area contributed by atoms with E-state index >= 15 is 0 Å². The molecule has 1 fully saturated rings. The van der Waals surface area contributed by atoms with Gasteiger partial charge >= 0.3 is 6.09 Å². The van der Waals surface area contributed by atoms with E-state index in [2.05, 4.69) is 6.58 Å². The number of ether oxygens (including phenoxy) is 2. The van der Waals surface area contributed by atoms with E-state index in [1.165, 1.54) is 0 Å². The van der Waals surface area contributed by atoms with Gasteiger partial charge in [-0.1, -0.05) is 49.1 Å². The van der Waals surface area contributed by atoms with E-state index < -0.39 is 5.60 Å². The largest absolute Gasteiger partial charge is 0.489 e. The van der Waals surface area contributed by atoms with Gasteiger partial charge in [0.05, 0.1) is 6.42 Å². The quantitative estimate of drug-likeness (QED) is 0.557. The van der Waals surface area contributed by atoms with Gasteiger partial charge < -0.3 is 19.3 Å². The van der Waals surface area contributed by atoms with Crippen LogP contribution in [-0.4, -0.2) is 53.6 Å². The van der Waals surface area contributed by atoms with Crippen molar-refractivity contribution in [2.24, 2.45) is 0 Å². The zero-order chi connectivity index (χ0) is 24.7. The van der Waals surface area contributed by atoms with E-state index in [9.17, 15) is 9.59 Å². The Kier molecular flexibility index (Phi) is 8.37. The Morgan fingerprint density at radius 1 is 1.12 bits per heavy atom. The average molecular weight is 465 g/mol. The highest BCUT2D eigenvalue weighted by Gasteiger charge is 2.30. The van der Waals surface area contributed by atoms with Gasteiger partial charge in [-0.25, -0.2) is 4.79 Å². The number of likely N-dealkylation sites (tertiary alicyclic amines) is 1. The molecule has 0 N–H and O–H groups in total. The molecule has 0 unspecified atom stereocenters. The molecule has 0 aromatic heterocycles. The second kappa shape index (κ2) is 11.2. The molecular formula is C28H36N2O4. The van der Waals surface area contributed by atoms with Crippen LogP contribution in [0.5, 0.6) is 5.75 Å². The van der Waals surface area contributed by atoms with Gasteiger partial charge in [0.15, 0.2) is 0 Å². The Morgan fingerprint density at radius 3 is 2.41 bits per heavy atom. The number of carbonyl (C=O) groups is 2. The van der Waals surface area contributed by atoms with Crippen LogP contribution >= 0.6 is 0 Å². The smallest absolute Gasteiger partial charge is 0.410 e. The fraction of sp³-hybridized carbons (Fsp3) is 0.429. The number of carbonyl (C=O) groups excluding carboxylic acids is 2. The Morgan fingerprint density at radius 2 is 1.79 bits per heavy atom. The first-order valence-electron chi connectivity index (χ1n) is 11.8. The molecule has 0 spiro atoms. The van der Waals surface area contributed by atoms with Gasteiger partial charge in [0, 0.05) is 31.7 Å². The molecule has 2 aromatic carbocycles. The third kappa shape index (κ3) is 7.11. The predicted octanol–water partition coefficient (Wildman–Crippen LogP) is 5.31. The molecule has 2 aromatic rings. The summed E-state index contributed by atoms with van der Waals surface area (Å²) in [5.41, 5.74) is 2.35. The number of hydrogen-bond acceptors (Lipinski definition) is 4.